The fourth-order valence-electron chi connectivity index (χ4n) is 2.08. The monoisotopic (exact) mass is 338 g/mol. The van der Waals surface area contributed by atoms with Crippen LogP contribution in [0.5, 0.6) is 0 Å². The molecule has 2 amide bonds. The highest BCUT2D eigenvalue weighted by molar-refractivity contribution is 5.98. The van der Waals surface area contributed by atoms with Crippen LogP contribution in [0.4, 0.5) is 16.4 Å². The van der Waals surface area contributed by atoms with Crippen LogP contribution < -0.4 is 20.4 Å². The number of nitrogens with one attached hydrogen (secondary N) is 2. The van der Waals surface area contributed by atoms with Gasteiger partial charge in [0.05, 0.1) is 5.97 Å². The van der Waals surface area contributed by atoms with Gasteiger partial charge in [0, 0.05) is 17.8 Å². The van der Waals surface area contributed by atoms with Crippen LogP contribution >= 0.6 is 0 Å². The summed E-state index contributed by atoms with van der Waals surface area (Å²) in [5, 5.41) is 19.7. The lowest BCUT2D eigenvalue weighted by Gasteiger charge is -2.04. The van der Waals surface area contributed by atoms with E-state index < -0.39 is 12.0 Å². The van der Waals surface area contributed by atoms with Crippen molar-refractivity contribution < 1.29 is 23.9 Å². The van der Waals surface area contributed by atoms with Gasteiger partial charge in [0.2, 0.25) is 11.0 Å². The van der Waals surface area contributed by atoms with E-state index in [1.165, 1.54) is 23.0 Å². The van der Waals surface area contributed by atoms with Gasteiger partial charge in [-0.05, 0) is 41.4 Å². The number of carbonyl (C=O) groups is 2. The maximum absolute atomic E-state index is 11.9. The summed E-state index contributed by atoms with van der Waals surface area (Å²) in [6.07, 6.45) is 1.46. The number of hydrogen-bond acceptors (Lipinski definition) is 5. The number of anilines is 2. The first-order valence-electron chi connectivity index (χ1n) is 7.36. The van der Waals surface area contributed by atoms with Gasteiger partial charge in [-0.25, -0.2) is 4.79 Å². The minimum atomic E-state index is -1.26. The van der Waals surface area contributed by atoms with Crippen molar-refractivity contribution in [2.75, 3.05) is 10.6 Å². The molecule has 0 atom stereocenters. The van der Waals surface area contributed by atoms with Crippen LogP contribution in [0.1, 0.15) is 15.9 Å². The molecule has 126 valence electrons. The van der Waals surface area contributed by atoms with Crippen molar-refractivity contribution in [1.29, 1.82) is 0 Å². The molecule has 0 bridgehead atoms. The molecule has 0 unspecified atom stereocenters. The molecule has 1 heterocycles. The van der Waals surface area contributed by atoms with E-state index in [1.54, 1.807) is 24.3 Å². The Bertz CT molecular complexity index is 901. The number of aromatic carboxylic acids is 1. The minimum absolute atomic E-state index is 0.0590. The zero-order valence-electron chi connectivity index (χ0n) is 13.2. The molecular weight excluding hydrogens is 324 g/mol. The van der Waals surface area contributed by atoms with Crippen LogP contribution in [0.2, 0.25) is 0 Å². The largest absolute Gasteiger partial charge is 0.545 e. The van der Waals surface area contributed by atoms with Gasteiger partial charge in [0.1, 0.15) is 0 Å². The lowest BCUT2D eigenvalue weighted by atomic mass is 10.2. The smallest absolute Gasteiger partial charge is 0.326 e. The quantitative estimate of drug-likeness (QED) is 0.696. The number of carboxylic acids is 1. The molecule has 2 N–H and O–H groups in total. The topological polar surface area (TPSA) is 111 Å². The predicted octanol–water partition coefficient (Wildman–Crippen LogP) is 1.27. The second kappa shape index (κ2) is 6.83. The lowest BCUT2D eigenvalue weighted by Crippen LogP contribution is -2.31. The van der Waals surface area contributed by atoms with Crippen molar-refractivity contribution in [2.45, 2.75) is 6.92 Å². The standard InChI is InChI=1S/C17H14N4O4/c1-11-2-6-13(7-3-11)18-17(24)19-15-10-21(20-25-15)14-8-4-12(5-9-14)16(22)23/h2-10H,1H3,(H2-,18,19,20,22,23,24). The van der Waals surface area contributed by atoms with E-state index in [1.807, 2.05) is 19.1 Å². The first-order valence-corrected chi connectivity index (χ1v) is 7.36. The van der Waals surface area contributed by atoms with E-state index in [9.17, 15) is 14.7 Å². The van der Waals surface area contributed by atoms with Gasteiger partial charge in [-0.1, -0.05) is 17.7 Å². The van der Waals surface area contributed by atoms with Crippen molar-refractivity contribution in [3.8, 4) is 5.69 Å². The van der Waals surface area contributed by atoms with E-state index in [2.05, 4.69) is 15.9 Å². The highest BCUT2D eigenvalue weighted by Gasteiger charge is 2.16. The maximum Gasteiger partial charge on any atom is 0.326 e. The van der Waals surface area contributed by atoms with E-state index in [0.29, 0.717) is 11.4 Å². The number of aryl methyl sites for hydroxylation is 1. The molecule has 0 spiro atoms. The number of nitrogens with zero attached hydrogens (tertiary/aromatic N) is 2. The molecular formula is C17H14N4O4. The van der Waals surface area contributed by atoms with Crippen molar-refractivity contribution in [2.24, 2.45) is 0 Å². The number of amides is 2. The van der Waals surface area contributed by atoms with Crippen LogP contribution in [0.15, 0.2) is 59.3 Å². The van der Waals surface area contributed by atoms with Crippen molar-refractivity contribution >= 4 is 23.6 Å². The van der Waals surface area contributed by atoms with Crippen LogP contribution in [-0.4, -0.2) is 17.3 Å². The normalized spacial score (nSPS) is 10.3. The van der Waals surface area contributed by atoms with E-state index in [0.717, 1.165) is 5.56 Å². The van der Waals surface area contributed by atoms with Crippen LogP contribution in [0.3, 0.4) is 0 Å². The Morgan fingerprint density at radius 2 is 1.72 bits per heavy atom. The number of carboxylic acid groups (broad SMARTS) is 1. The Labute approximate surface area is 142 Å². The van der Waals surface area contributed by atoms with Gasteiger partial charge in [-0.15, -0.1) is 0 Å². The minimum Gasteiger partial charge on any atom is -0.545 e. The molecule has 0 radical (unpaired) electrons. The summed E-state index contributed by atoms with van der Waals surface area (Å²) in [5.74, 6) is -1.12. The van der Waals surface area contributed by atoms with Gasteiger partial charge in [-0.2, -0.15) is 0 Å². The SMILES string of the molecule is Cc1ccc(NC(=O)Nc2c[n+](-c3ccc(C(=O)[O-])cc3)no2)cc1. The van der Waals surface area contributed by atoms with Crippen molar-refractivity contribution in [1.82, 2.24) is 5.27 Å². The highest BCUT2D eigenvalue weighted by atomic mass is 16.5. The summed E-state index contributed by atoms with van der Waals surface area (Å²) >= 11 is 0. The Hall–Kier alpha value is -3.68. The van der Waals surface area contributed by atoms with Gasteiger partial charge >= 0.3 is 11.9 Å². The van der Waals surface area contributed by atoms with Crippen molar-refractivity contribution in [3.05, 3.63) is 65.9 Å². The molecule has 2 aromatic carbocycles. The Morgan fingerprint density at radius 1 is 1.04 bits per heavy atom. The summed E-state index contributed by atoms with van der Waals surface area (Å²) in [5.41, 5.74) is 2.37. The maximum atomic E-state index is 11.9. The second-order valence-corrected chi connectivity index (χ2v) is 5.29. The summed E-state index contributed by atoms with van der Waals surface area (Å²) in [4.78, 5) is 22.7. The molecule has 25 heavy (non-hydrogen) atoms. The van der Waals surface area contributed by atoms with E-state index in [-0.39, 0.29) is 11.4 Å². The van der Waals surface area contributed by atoms with Crippen LogP contribution in [-0.2, 0) is 0 Å². The van der Waals surface area contributed by atoms with Gasteiger partial charge < -0.3 is 15.2 Å². The fourth-order valence-corrected chi connectivity index (χ4v) is 2.08. The summed E-state index contributed by atoms with van der Waals surface area (Å²) in [6.45, 7) is 1.95. The Morgan fingerprint density at radius 3 is 2.36 bits per heavy atom. The fraction of sp³-hybridized carbons (Fsp3) is 0.0588. The lowest BCUT2D eigenvalue weighted by molar-refractivity contribution is -0.670. The molecule has 0 aliphatic rings. The number of urea groups is 1. The molecule has 0 fully saturated rings. The molecule has 0 saturated carbocycles. The third-order valence-corrected chi connectivity index (χ3v) is 3.38. The van der Waals surface area contributed by atoms with Crippen molar-refractivity contribution in [3.63, 3.8) is 0 Å². The summed E-state index contributed by atoms with van der Waals surface area (Å²) in [6, 6.07) is 12.7. The Kier molecular flexibility index (Phi) is 4.42. The molecule has 3 rings (SSSR count). The summed E-state index contributed by atoms with van der Waals surface area (Å²) < 4.78 is 6.40. The van der Waals surface area contributed by atoms with Gasteiger partial charge in [0.25, 0.3) is 6.20 Å². The molecule has 0 aliphatic heterocycles. The predicted molar refractivity (Wildman–Crippen MR) is 86.2 cm³/mol. The van der Waals surface area contributed by atoms with Crippen LogP contribution in [0, 0.1) is 6.92 Å². The third-order valence-electron chi connectivity index (χ3n) is 3.38. The first-order chi connectivity index (χ1) is 12.0. The summed E-state index contributed by atoms with van der Waals surface area (Å²) in [7, 11) is 0. The number of hydrogen-bond donors (Lipinski definition) is 2. The Balaban J connectivity index is 1.65. The molecule has 0 aliphatic carbocycles. The zero-order valence-corrected chi connectivity index (χ0v) is 13.2. The number of benzene rings is 2. The van der Waals surface area contributed by atoms with Crippen LogP contribution in [0.25, 0.3) is 5.69 Å². The number of carbonyl (C=O) groups excluding carboxylic acids is 2. The average molecular weight is 338 g/mol. The first kappa shape index (κ1) is 16.2. The molecule has 3 aromatic rings. The third kappa shape index (κ3) is 3.99. The van der Waals surface area contributed by atoms with Gasteiger partial charge in [0.15, 0.2) is 0 Å². The molecule has 0 saturated heterocycles. The average Bonchev–Trinajstić information content (AvgIpc) is 3.05. The van der Waals surface area contributed by atoms with Gasteiger partial charge in [-0.3, -0.25) is 9.84 Å². The molecule has 8 heteroatoms. The van der Waals surface area contributed by atoms with E-state index in [4.69, 9.17) is 4.52 Å². The molecule has 1 aromatic heterocycles. The number of aromatic nitrogens is 2. The zero-order chi connectivity index (χ0) is 17.8. The molecule has 8 nitrogen and oxygen atoms in total. The second-order valence-electron chi connectivity index (χ2n) is 5.29. The number of rotatable bonds is 4. The highest BCUT2D eigenvalue weighted by Crippen LogP contribution is 2.10. The van der Waals surface area contributed by atoms with E-state index >= 15 is 0 Å².